The van der Waals surface area contributed by atoms with Crippen molar-refractivity contribution in [3.8, 4) is 5.75 Å². The molecular weight excluding hydrogens is 447 g/mol. The summed E-state index contributed by atoms with van der Waals surface area (Å²) < 4.78 is 19.1. The molecule has 0 saturated heterocycles. The Balaban J connectivity index is 2.00. The van der Waals surface area contributed by atoms with Crippen LogP contribution in [0.5, 0.6) is 5.75 Å². The normalized spacial score (nSPS) is 25.5. The molecule has 1 aromatic rings. The average molecular weight is 468 g/mol. The number of ether oxygens (including phenoxy) is 3. The molecule has 26 heavy (non-hydrogen) atoms. The van der Waals surface area contributed by atoms with E-state index in [9.17, 15) is 9.59 Å². The van der Waals surface area contributed by atoms with Crippen LogP contribution in [0, 0.1) is 0 Å². The van der Waals surface area contributed by atoms with Crippen molar-refractivity contribution in [2.45, 2.75) is 50.9 Å². The summed E-state index contributed by atoms with van der Waals surface area (Å²) in [5.41, 5.74) is 1.07. The highest BCUT2D eigenvalue weighted by atomic mass is 127. The van der Waals surface area contributed by atoms with Crippen LogP contribution in [0.1, 0.15) is 42.1 Å². The lowest BCUT2D eigenvalue weighted by Crippen LogP contribution is -2.33. The molecule has 2 aliphatic heterocycles. The molecule has 138 valence electrons. The van der Waals surface area contributed by atoms with Gasteiger partial charge in [0.25, 0.3) is 0 Å². The molecule has 0 saturated carbocycles. The van der Waals surface area contributed by atoms with Crippen molar-refractivity contribution in [3.05, 3.63) is 51.6 Å². The van der Waals surface area contributed by atoms with E-state index in [4.69, 9.17) is 14.2 Å². The van der Waals surface area contributed by atoms with Gasteiger partial charge in [-0.3, -0.25) is 4.79 Å². The Kier molecular flexibility index (Phi) is 6.48. The maximum absolute atomic E-state index is 12.9. The predicted molar refractivity (Wildman–Crippen MR) is 105 cm³/mol. The first-order valence-electron chi connectivity index (χ1n) is 8.65. The molecule has 2 aliphatic rings. The van der Waals surface area contributed by atoms with Crippen LogP contribution in [0.3, 0.4) is 0 Å². The summed E-state index contributed by atoms with van der Waals surface area (Å²) in [5.74, 6) is -0.686. The summed E-state index contributed by atoms with van der Waals surface area (Å²) in [7, 11) is 0. The molecule has 3 atom stereocenters. The number of hydrogen-bond donors (Lipinski definition) is 0. The van der Waals surface area contributed by atoms with Crippen molar-refractivity contribution in [1.29, 1.82) is 0 Å². The SMILES string of the molecule is CC(=O)Oc1cccc2c1C(=O)O[C@@H](C/C=C/I)C[C@H]1CC=C[C@H](C2)O1. The topological polar surface area (TPSA) is 61.8 Å². The Hall–Kier alpha value is -1.67. The van der Waals surface area contributed by atoms with Gasteiger partial charge in [-0.05, 0) is 22.1 Å². The lowest BCUT2D eigenvalue weighted by atomic mass is 9.96. The fraction of sp³-hybridized carbons (Fsp3) is 0.400. The average Bonchev–Trinajstić information content (AvgIpc) is 2.59. The Morgan fingerprint density at radius 2 is 2.27 bits per heavy atom. The van der Waals surface area contributed by atoms with Crippen LogP contribution in [-0.4, -0.2) is 30.3 Å². The number of fused-ring (bicyclic) bond motifs is 3. The number of hydrogen-bond acceptors (Lipinski definition) is 5. The molecule has 5 nitrogen and oxygen atoms in total. The first-order chi connectivity index (χ1) is 12.6. The number of carbonyl (C=O) groups excluding carboxylic acids is 2. The van der Waals surface area contributed by atoms with Gasteiger partial charge in [-0.15, -0.1) is 0 Å². The summed E-state index contributed by atoms with van der Waals surface area (Å²) in [5, 5.41) is 0. The van der Waals surface area contributed by atoms with Crippen molar-refractivity contribution in [1.82, 2.24) is 0 Å². The van der Waals surface area contributed by atoms with Gasteiger partial charge >= 0.3 is 11.9 Å². The largest absolute Gasteiger partial charge is 0.458 e. The summed E-state index contributed by atoms with van der Waals surface area (Å²) in [6.45, 7) is 1.32. The van der Waals surface area contributed by atoms with Crippen molar-refractivity contribution in [3.63, 3.8) is 0 Å². The minimum Gasteiger partial charge on any atom is -0.458 e. The van der Waals surface area contributed by atoms with E-state index in [-0.39, 0.29) is 24.1 Å². The third-order valence-corrected chi connectivity index (χ3v) is 4.90. The van der Waals surface area contributed by atoms with Gasteiger partial charge < -0.3 is 14.2 Å². The van der Waals surface area contributed by atoms with Gasteiger partial charge in [0.2, 0.25) is 0 Å². The summed E-state index contributed by atoms with van der Waals surface area (Å²) in [4.78, 5) is 24.4. The number of esters is 2. The first kappa shape index (κ1) is 19.1. The van der Waals surface area contributed by atoms with Gasteiger partial charge in [-0.1, -0.05) is 53.0 Å². The number of benzene rings is 1. The second kappa shape index (κ2) is 8.81. The van der Waals surface area contributed by atoms with Crippen LogP contribution < -0.4 is 4.74 Å². The maximum atomic E-state index is 12.9. The Morgan fingerprint density at radius 3 is 3.04 bits per heavy atom. The summed E-state index contributed by atoms with van der Waals surface area (Å²) in [6.07, 6.45) is 8.38. The smallest absolute Gasteiger partial charge is 0.342 e. The van der Waals surface area contributed by atoms with E-state index in [1.165, 1.54) is 6.92 Å². The quantitative estimate of drug-likeness (QED) is 0.289. The zero-order valence-electron chi connectivity index (χ0n) is 14.5. The predicted octanol–water partition coefficient (Wildman–Crippen LogP) is 4.14. The lowest BCUT2D eigenvalue weighted by molar-refractivity contribution is -0.131. The Labute approximate surface area is 166 Å². The third kappa shape index (κ3) is 4.73. The number of cyclic esters (lactones) is 1. The second-order valence-corrected chi connectivity index (χ2v) is 7.13. The van der Waals surface area contributed by atoms with E-state index in [0.717, 1.165) is 12.0 Å². The van der Waals surface area contributed by atoms with Crippen molar-refractivity contribution in [2.24, 2.45) is 0 Å². The van der Waals surface area contributed by atoms with Gasteiger partial charge in [0.15, 0.2) is 0 Å². The molecule has 3 rings (SSSR count). The van der Waals surface area contributed by atoms with Gasteiger partial charge in [0.1, 0.15) is 17.4 Å². The Morgan fingerprint density at radius 1 is 1.42 bits per heavy atom. The van der Waals surface area contributed by atoms with Crippen molar-refractivity contribution in [2.75, 3.05) is 0 Å². The van der Waals surface area contributed by atoms with Crippen LogP contribution in [0.25, 0.3) is 0 Å². The highest BCUT2D eigenvalue weighted by Gasteiger charge is 2.30. The highest BCUT2D eigenvalue weighted by Crippen LogP contribution is 2.30. The van der Waals surface area contributed by atoms with Gasteiger partial charge in [0, 0.05) is 26.2 Å². The van der Waals surface area contributed by atoms with Crippen LogP contribution in [0.4, 0.5) is 0 Å². The van der Waals surface area contributed by atoms with E-state index < -0.39 is 11.9 Å². The molecule has 2 bridgehead atoms. The van der Waals surface area contributed by atoms with Crippen LogP contribution in [0.15, 0.2) is 40.5 Å². The molecule has 0 fully saturated rings. The Bertz CT molecular complexity index is 740. The van der Waals surface area contributed by atoms with E-state index in [0.29, 0.717) is 24.8 Å². The summed E-state index contributed by atoms with van der Waals surface area (Å²) in [6, 6.07) is 5.25. The monoisotopic (exact) mass is 468 g/mol. The first-order valence-corrected chi connectivity index (χ1v) is 9.90. The van der Waals surface area contributed by atoms with E-state index in [1.54, 1.807) is 12.1 Å². The van der Waals surface area contributed by atoms with E-state index in [2.05, 4.69) is 28.7 Å². The van der Waals surface area contributed by atoms with E-state index >= 15 is 0 Å². The standard InChI is InChI=1S/C20H21IO5/c1-13(22)24-18-9-2-5-14-11-15-6-3-7-16(25-15)12-17(8-4-10-21)26-20(23)19(14)18/h2-6,9-10,15-17H,7-8,11-12H2,1H3/b10-4+/t15-,16-,17+/m1/s1. The molecular formula is C20H21IO5. The molecule has 0 aliphatic carbocycles. The van der Waals surface area contributed by atoms with Crippen molar-refractivity contribution >= 4 is 34.5 Å². The molecule has 0 unspecified atom stereocenters. The zero-order valence-corrected chi connectivity index (χ0v) is 16.7. The number of carbonyl (C=O) groups is 2. The molecule has 0 amide bonds. The van der Waals surface area contributed by atoms with Crippen LogP contribution in [0.2, 0.25) is 0 Å². The maximum Gasteiger partial charge on any atom is 0.342 e. The molecule has 1 aromatic carbocycles. The summed E-state index contributed by atoms with van der Waals surface area (Å²) >= 11 is 2.15. The molecule has 2 heterocycles. The number of rotatable bonds is 3. The van der Waals surface area contributed by atoms with Gasteiger partial charge in [-0.2, -0.15) is 0 Å². The minimum absolute atomic E-state index is 0.0311. The second-order valence-electron chi connectivity index (χ2n) is 6.41. The van der Waals surface area contributed by atoms with Crippen LogP contribution in [-0.2, 0) is 20.7 Å². The lowest BCUT2D eigenvalue weighted by Gasteiger charge is -2.31. The fourth-order valence-electron chi connectivity index (χ4n) is 3.33. The fourth-order valence-corrected chi connectivity index (χ4v) is 3.63. The molecule has 0 spiro atoms. The van der Waals surface area contributed by atoms with Gasteiger partial charge in [-0.25, -0.2) is 4.79 Å². The van der Waals surface area contributed by atoms with Gasteiger partial charge in [0.05, 0.1) is 12.2 Å². The third-order valence-electron chi connectivity index (χ3n) is 4.40. The van der Waals surface area contributed by atoms with E-state index in [1.807, 2.05) is 22.3 Å². The zero-order chi connectivity index (χ0) is 18.5. The van der Waals surface area contributed by atoms with Crippen LogP contribution >= 0.6 is 22.6 Å². The minimum atomic E-state index is -0.471. The number of halogens is 1. The molecule has 0 radical (unpaired) electrons. The van der Waals surface area contributed by atoms with Crippen molar-refractivity contribution < 1.29 is 23.8 Å². The molecule has 6 heteroatoms. The molecule has 0 aromatic heterocycles. The highest BCUT2D eigenvalue weighted by molar-refractivity contribution is 14.1. The molecule has 0 N–H and O–H groups in total.